The fourth-order valence-corrected chi connectivity index (χ4v) is 2.50. The Balaban J connectivity index is 1.68. The number of nitrogens with two attached hydrogens (primary N) is 1. The SMILES string of the molecule is Cc1ccc(NC(N)=NC2CC2c2c(F)cccc2F)cc1. The van der Waals surface area contributed by atoms with Crippen molar-refractivity contribution in [3.8, 4) is 0 Å². The van der Waals surface area contributed by atoms with Gasteiger partial charge in [-0.1, -0.05) is 23.8 Å². The van der Waals surface area contributed by atoms with Gasteiger partial charge < -0.3 is 11.1 Å². The summed E-state index contributed by atoms with van der Waals surface area (Å²) < 4.78 is 27.4. The van der Waals surface area contributed by atoms with Gasteiger partial charge in [0, 0.05) is 17.2 Å². The van der Waals surface area contributed by atoms with Crippen LogP contribution in [0.4, 0.5) is 14.5 Å². The summed E-state index contributed by atoms with van der Waals surface area (Å²) in [6, 6.07) is 11.5. The molecule has 2 aromatic rings. The highest BCUT2D eigenvalue weighted by atomic mass is 19.1. The lowest BCUT2D eigenvalue weighted by Gasteiger charge is -2.06. The van der Waals surface area contributed by atoms with Gasteiger partial charge in [0.25, 0.3) is 0 Å². The number of nitrogens with one attached hydrogen (secondary N) is 1. The summed E-state index contributed by atoms with van der Waals surface area (Å²) in [5.41, 5.74) is 7.95. The van der Waals surface area contributed by atoms with E-state index in [1.54, 1.807) is 0 Å². The number of aryl methyl sites for hydroxylation is 1. The van der Waals surface area contributed by atoms with E-state index in [1.807, 2.05) is 31.2 Å². The minimum Gasteiger partial charge on any atom is -0.370 e. The molecule has 2 unspecified atom stereocenters. The van der Waals surface area contributed by atoms with Gasteiger partial charge in [-0.25, -0.2) is 13.8 Å². The zero-order valence-electron chi connectivity index (χ0n) is 12.2. The molecule has 2 aromatic carbocycles. The summed E-state index contributed by atoms with van der Waals surface area (Å²) in [6.07, 6.45) is 0.605. The lowest BCUT2D eigenvalue weighted by molar-refractivity contribution is 0.555. The van der Waals surface area contributed by atoms with E-state index in [0.29, 0.717) is 6.42 Å². The number of hydrogen-bond acceptors (Lipinski definition) is 1. The molecule has 2 atom stereocenters. The van der Waals surface area contributed by atoms with E-state index < -0.39 is 11.6 Å². The van der Waals surface area contributed by atoms with Crippen LogP contribution in [0.15, 0.2) is 47.5 Å². The number of guanidine groups is 1. The van der Waals surface area contributed by atoms with Crippen molar-refractivity contribution >= 4 is 11.6 Å². The molecule has 114 valence electrons. The largest absolute Gasteiger partial charge is 0.370 e. The van der Waals surface area contributed by atoms with Crippen molar-refractivity contribution in [1.29, 1.82) is 0 Å². The standard InChI is InChI=1S/C17H17F2N3/c1-10-5-7-11(8-6-10)21-17(20)22-15-9-12(15)16-13(18)3-2-4-14(16)19/h2-8,12,15H,9H2,1H3,(H3,20,21,22). The van der Waals surface area contributed by atoms with Gasteiger partial charge in [-0.2, -0.15) is 0 Å². The van der Waals surface area contributed by atoms with Crippen LogP contribution in [0, 0.1) is 18.6 Å². The van der Waals surface area contributed by atoms with Crippen molar-refractivity contribution in [1.82, 2.24) is 0 Å². The summed E-state index contributed by atoms with van der Waals surface area (Å²) in [4.78, 5) is 4.30. The smallest absolute Gasteiger partial charge is 0.193 e. The maximum absolute atomic E-state index is 13.7. The zero-order chi connectivity index (χ0) is 15.7. The third-order valence-corrected chi connectivity index (χ3v) is 3.76. The van der Waals surface area contributed by atoms with E-state index in [9.17, 15) is 8.78 Å². The van der Waals surface area contributed by atoms with Crippen molar-refractivity contribution in [2.24, 2.45) is 10.7 Å². The van der Waals surface area contributed by atoms with Crippen LogP contribution in [-0.4, -0.2) is 12.0 Å². The second kappa shape index (κ2) is 5.75. The Bertz CT molecular complexity index is 690. The van der Waals surface area contributed by atoms with E-state index in [1.165, 1.54) is 18.2 Å². The molecule has 0 amide bonds. The van der Waals surface area contributed by atoms with Gasteiger partial charge in [0.1, 0.15) is 11.6 Å². The number of hydrogen-bond donors (Lipinski definition) is 2. The van der Waals surface area contributed by atoms with E-state index in [0.717, 1.165) is 11.3 Å². The molecule has 1 fully saturated rings. The summed E-state index contributed by atoms with van der Waals surface area (Å²) in [7, 11) is 0. The van der Waals surface area contributed by atoms with Crippen molar-refractivity contribution in [3.05, 3.63) is 65.2 Å². The van der Waals surface area contributed by atoms with Gasteiger partial charge >= 0.3 is 0 Å². The van der Waals surface area contributed by atoms with Crippen LogP contribution in [0.25, 0.3) is 0 Å². The molecule has 3 nitrogen and oxygen atoms in total. The molecule has 1 aliphatic rings. The average molecular weight is 301 g/mol. The van der Waals surface area contributed by atoms with Crippen LogP contribution in [0.5, 0.6) is 0 Å². The molecule has 0 bridgehead atoms. The molecular formula is C17H17F2N3. The highest BCUT2D eigenvalue weighted by Gasteiger charge is 2.42. The molecule has 1 saturated carbocycles. The maximum atomic E-state index is 13.7. The van der Waals surface area contributed by atoms with Crippen molar-refractivity contribution in [2.45, 2.75) is 25.3 Å². The lowest BCUT2D eigenvalue weighted by atomic mass is 10.1. The first kappa shape index (κ1) is 14.5. The highest BCUT2D eigenvalue weighted by Crippen LogP contribution is 2.45. The number of aliphatic imine (C=N–C) groups is 1. The van der Waals surface area contributed by atoms with Gasteiger partial charge in [-0.05, 0) is 37.6 Å². The number of halogens is 2. The van der Waals surface area contributed by atoms with Crippen molar-refractivity contribution < 1.29 is 8.78 Å². The third-order valence-electron chi connectivity index (χ3n) is 3.76. The van der Waals surface area contributed by atoms with Gasteiger partial charge in [-0.3, -0.25) is 0 Å². The molecule has 0 saturated heterocycles. The highest BCUT2D eigenvalue weighted by molar-refractivity contribution is 5.92. The Morgan fingerprint density at radius 2 is 1.77 bits per heavy atom. The minimum absolute atomic E-state index is 0.111. The Morgan fingerprint density at radius 3 is 2.41 bits per heavy atom. The second-order valence-electron chi connectivity index (χ2n) is 5.55. The molecule has 0 spiro atoms. The first-order chi connectivity index (χ1) is 10.5. The fourth-order valence-electron chi connectivity index (χ4n) is 2.50. The predicted molar refractivity (Wildman–Crippen MR) is 83.9 cm³/mol. The number of nitrogens with zero attached hydrogens (tertiary/aromatic N) is 1. The molecule has 0 radical (unpaired) electrons. The predicted octanol–water partition coefficient (Wildman–Crippen LogP) is 3.56. The Labute approximate surface area is 127 Å². The van der Waals surface area contributed by atoms with E-state index in [2.05, 4.69) is 10.3 Å². The van der Waals surface area contributed by atoms with Crippen molar-refractivity contribution in [3.63, 3.8) is 0 Å². The first-order valence-electron chi connectivity index (χ1n) is 7.15. The van der Waals surface area contributed by atoms with Crippen LogP contribution in [-0.2, 0) is 0 Å². The van der Waals surface area contributed by atoms with Gasteiger partial charge in [0.05, 0.1) is 6.04 Å². The molecule has 3 N–H and O–H groups in total. The monoisotopic (exact) mass is 301 g/mol. The first-order valence-corrected chi connectivity index (χ1v) is 7.15. The van der Waals surface area contributed by atoms with Crippen LogP contribution in [0.1, 0.15) is 23.5 Å². The lowest BCUT2D eigenvalue weighted by Crippen LogP contribution is -2.23. The van der Waals surface area contributed by atoms with E-state index in [-0.39, 0.29) is 23.5 Å². The van der Waals surface area contributed by atoms with Crippen LogP contribution >= 0.6 is 0 Å². The average Bonchev–Trinajstić information content (AvgIpc) is 3.20. The number of anilines is 1. The molecule has 1 aliphatic carbocycles. The summed E-state index contributed by atoms with van der Waals surface area (Å²) in [6.45, 7) is 2.00. The van der Waals surface area contributed by atoms with Crippen LogP contribution in [0.2, 0.25) is 0 Å². The number of benzene rings is 2. The Morgan fingerprint density at radius 1 is 1.14 bits per heavy atom. The molecule has 22 heavy (non-hydrogen) atoms. The van der Waals surface area contributed by atoms with Crippen molar-refractivity contribution in [2.75, 3.05) is 5.32 Å². The molecule has 0 heterocycles. The van der Waals surface area contributed by atoms with Crippen LogP contribution < -0.4 is 11.1 Å². The second-order valence-corrected chi connectivity index (χ2v) is 5.55. The fraction of sp³-hybridized carbons (Fsp3) is 0.235. The molecular weight excluding hydrogens is 284 g/mol. The van der Waals surface area contributed by atoms with Gasteiger partial charge in [-0.15, -0.1) is 0 Å². The summed E-state index contributed by atoms with van der Waals surface area (Å²) in [5, 5.41) is 2.98. The third kappa shape index (κ3) is 3.08. The minimum atomic E-state index is -0.521. The molecule has 3 rings (SSSR count). The molecule has 0 aliphatic heterocycles. The number of rotatable bonds is 3. The van der Waals surface area contributed by atoms with Crippen LogP contribution in [0.3, 0.4) is 0 Å². The van der Waals surface area contributed by atoms with Gasteiger partial charge in [0.15, 0.2) is 5.96 Å². The zero-order valence-corrected chi connectivity index (χ0v) is 12.2. The molecule has 0 aromatic heterocycles. The Kier molecular flexibility index (Phi) is 3.79. The summed E-state index contributed by atoms with van der Waals surface area (Å²) >= 11 is 0. The van der Waals surface area contributed by atoms with Gasteiger partial charge in [0.2, 0.25) is 0 Å². The van der Waals surface area contributed by atoms with E-state index >= 15 is 0 Å². The normalized spacial score (nSPS) is 20.8. The molecule has 5 heteroatoms. The maximum Gasteiger partial charge on any atom is 0.193 e. The Hall–Kier alpha value is -2.43. The topological polar surface area (TPSA) is 50.4 Å². The van der Waals surface area contributed by atoms with E-state index in [4.69, 9.17) is 5.73 Å². The quantitative estimate of drug-likeness (QED) is 0.673. The summed E-state index contributed by atoms with van der Waals surface area (Å²) in [5.74, 6) is -1.02.